The molecule has 0 saturated carbocycles. The Balaban J connectivity index is 1.17. The summed E-state index contributed by atoms with van der Waals surface area (Å²) in [5.41, 5.74) is 9.62. The van der Waals surface area contributed by atoms with E-state index in [4.69, 9.17) is 4.42 Å². The monoisotopic (exact) mass is 643 g/mol. The number of para-hydroxylation sites is 2. The van der Waals surface area contributed by atoms with Gasteiger partial charge in [0.2, 0.25) is 0 Å². The van der Waals surface area contributed by atoms with Crippen molar-refractivity contribution in [3.8, 4) is 22.3 Å². The second-order valence-corrected chi connectivity index (χ2v) is 13.6. The molecule has 0 aliphatic heterocycles. The van der Waals surface area contributed by atoms with Crippen LogP contribution in [0, 0.1) is 0 Å². The van der Waals surface area contributed by atoms with Gasteiger partial charge in [-0.25, -0.2) is 0 Å². The van der Waals surface area contributed by atoms with Gasteiger partial charge in [-0.2, -0.15) is 0 Å². The molecule has 0 atom stereocenters. The average molecular weight is 644 g/mol. The largest absolute Gasteiger partial charge is 0.453 e. The van der Waals surface area contributed by atoms with E-state index in [1.807, 2.05) is 11.3 Å². The Morgan fingerprint density at radius 2 is 1.04 bits per heavy atom. The first kappa shape index (κ1) is 27.9. The minimum atomic E-state index is 0.869. The van der Waals surface area contributed by atoms with Crippen molar-refractivity contribution < 1.29 is 4.42 Å². The number of anilines is 3. The van der Waals surface area contributed by atoms with Crippen LogP contribution in [0.4, 0.5) is 17.1 Å². The fourth-order valence-electron chi connectivity index (χ4n) is 7.33. The topological polar surface area (TPSA) is 16.4 Å². The molecule has 230 valence electrons. The summed E-state index contributed by atoms with van der Waals surface area (Å²) in [5.74, 6) is 0. The van der Waals surface area contributed by atoms with Crippen LogP contribution in [-0.4, -0.2) is 0 Å². The van der Waals surface area contributed by atoms with Crippen molar-refractivity contribution in [2.75, 3.05) is 4.90 Å². The van der Waals surface area contributed by atoms with E-state index in [2.05, 4.69) is 181 Å². The van der Waals surface area contributed by atoms with Gasteiger partial charge in [0.25, 0.3) is 0 Å². The number of hydrogen-bond donors (Lipinski definition) is 0. The first-order valence-corrected chi connectivity index (χ1v) is 17.4. The quantitative estimate of drug-likeness (QED) is 0.186. The lowest BCUT2D eigenvalue weighted by atomic mass is 10.0. The second kappa shape index (κ2) is 11.2. The summed E-state index contributed by atoms with van der Waals surface area (Å²) in [6.07, 6.45) is 0. The van der Waals surface area contributed by atoms with Gasteiger partial charge >= 0.3 is 0 Å². The SMILES string of the molecule is c1ccc(-c2cccc3c2oc2c(N(c4ccc(-c5cccc6c5sc5ccccc56)cc4)c4ccc5ccccc5c4)cccc23)cc1. The Morgan fingerprint density at radius 3 is 1.90 bits per heavy atom. The summed E-state index contributed by atoms with van der Waals surface area (Å²) in [6, 6.07) is 63.0. The molecule has 0 fully saturated rings. The standard InChI is InChI=1S/C46H29NOS/c1-2-12-31(13-3-1)36-16-8-18-39-40-19-10-21-42(45(40)48-44(36)39)47(35-28-23-30-11-4-5-14-33(30)29-35)34-26-24-32(25-27-34)37-17-9-20-41-38-15-6-7-22-43(38)49-46(37)41/h1-29H. The Morgan fingerprint density at radius 1 is 0.408 bits per heavy atom. The van der Waals surface area contributed by atoms with Crippen LogP contribution in [0.25, 0.3) is 75.1 Å². The molecule has 2 nitrogen and oxygen atoms in total. The lowest BCUT2D eigenvalue weighted by Crippen LogP contribution is -2.10. The van der Waals surface area contributed by atoms with Crippen LogP contribution in [0.3, 0.4) is 0 Å². The van der Waals surface area contributed by atoms with Crippen LogP contribution in [0.15, 0.2) is 180 Å². The van der Waals surface area contributed by atoms with Crippen LogP contribution >= 0.6 is 11.3 Å². The van der Waals surface area contributed by atoms with E-state index >= 15 is 0 Å². The van der Waals surface area contributed by atoms with Crippen molar-refractivity contribution in [1.29, 1.82) is 0 Å². The van der Waals surface area contributed by atoms with Gasteiger partial charge in [0, 0.05) is 47.9 Å². The lowest BCUT2D eigenvalue weighted by molar-refractivity contribution is 0.670. The third-order valence-corrected chi connectivity index (χ3v) is 10.9. The summed E-state index contributed by atoms with van der Waals surface area (Å²) >= 11 is 1.87. The summed E-state index contributed by atoms with van der Waals surface area (Å²) in [7, 11) is 0. The zero-order valence-corrected chi connectivity index (χ0v) is 27.3. The third kappa shape index (κ3) is 4.55. The molecule has 0 unspecified atom stereocenters. The molecule has 0 radical (unpaired) electrons. The Labute approximate surface area is 287 Å². The number of rotatable bonds is 5. The maximum absolute atomic E-state index is 6.91. The van der Waals surface area contributed by atoms with Gasteiger partial charge in [-0.1, -0.05) is 140 Å². The Bertz CT molecular complexity index is 2830. The van der Waals surface area contributed by atoms with Gasteiger partial charge in [-0.05, 0) is 63.9 Å². The van der Waals surface area contributed by atoms with Crippen molar-refractivity contribution in [2.45, 2.75) is 0 Å². The molecule has 8 aromatic carbocycles. The maximum Gasteiger partial charge on any atom is 0.159 e. The fraction of sp³-hybridized carbons (Fsp3) is 0. The first-order valence-electron chi connectivity index (χ1n) is 16.6. The smallest absolute Gasteiger partial charge is 0.159 e. The highest BCUT2D eigenvalue weighted by atomic mass is 32.1. The predicted molar refractivity (Wildman–Crippen MR) is 210 cm³/mol. The van der Waals surface area contributed by atoms with Gasteiger partial charge in [0.15, 0.2) is 5.58 Å². The van der Waals surface area contributed by atoms with E-state index in [1.54, 1.807) is 0 Å². The van der Waals surface area contributed by atoms with Gasteiger partial charge in [-0.15, -0.1) is 11.3 Å². The molecule has 10 aromatic rings. The van der Waals surface area contributed by atoms with Crippen LogP contribution < -0.4 is 4.90 Å². The summed E-state index contributed by atoms with van der Waals surface area (Å²) in [5, 5.41) is 7.26. The molecule has 0 saturated heterocycles. The molecule has 49 heavy (non-hydrogen) atoms. The fourth-order valence-corrected chi connectivity index (χ4v) is 8.57. The lowest BCUT2D eigenvalue weighted by Gasteiger charge is -2.26. The van der Waals surface area contributed by atoms with Gasteiger partial charge in [0.1, 0.15) is 5.58 Å². The zero-order chi connectivity index (χ0) is 32.3. The average Bonchev–Trinajstić information content (AvgIpc) is 3.75. The highest BCUT2D eigenvalue weighted by molar-refractivity contribution is 7.26. The van der Waals surface area contributed by atoms with E-state index in [1.165, 1.54) is 42.1 Å². The maximum atomic E-state index is 6.91. The van der Waals surface area contributed by atoms with Crippen molar-refractivity contribution in [2.24, 2.45) is 0 Å². The number of benzene rings is 8. The van der Waals surface area contributed by atoms with Crippen molar-refractivity contribution >= 4 is 81.3 Å². The number of fused-ring (bicyclic) bond motifs is 7. The first-order chi connectivity index (χ1) is 24.3. The van der Waals surface area contributed by atoms with E-state index in [-0.39, 0.29) is 0 Å². The number of thiophene rings is 1. The third-order valence-electron chi connectivity index (χ3n) is 9.66. The molecular weight excluding hydrogens is 615 g/mol. The molecule has 10 rings (SSSR count). The van der Waals surface area contributed by atoms with Crippen LogP contribution in [-0.2, 0) is 0 Å². The summed E-state index contributed by atoms with van der Waals surface area (Å²) < 4.78 is 9.55. The number of hydrogen-bond acceptors (Lipinski definition) is 3. The molecule has 3 heteroatoms. The van der Waals surface area contributed by atoms with Gasteiger partial charge < -0.3 is 9.32 Å². The minimum Gasteiger partial charge on any atom is -0.453 e. The highest BCUT2D eigenvalue weighted by Gasteiger charge is 2.21. The molecule has 0 bridgehead atoms. The molecule has 0 amide bonds. The summed E-state index contributed by atoms with van der Waals surface area (Å²) in [4.78, 5) is 2.34. The number of furan rings is 1. The predicted octanol–water partition coefficient (Wildman–Crippen LogP) is 13.9. The minimum absolute atomic E-state index is 0.869. The van der Waals surface area contributed by atoms with E-state index in [0.717, 1.165) is 50.1 Å². The normalized spacial score (nSPS) is 11.7. The highest BCUT2D eigenvalue weighted by Crippen LogP contribution is 2.45. The zero-order valence-electron chi connectivity index (χ0n) is 26.5. The van der Waals surface area contributed by atoms with E-state index < -0.39 is 0 Å². The van der Waals surface area contributed by atoms with Crippen LogP contribution in [0.2, 0.25) is 0 Å². The molecule has 2 aromatic heterocycles. The molecule has 2 heterocycles. The second-order valence-electron chi connectivity index (χ2n) is 12.5. The Hall–Kier alpha value is -6.16. The van der Waals surface area contributed by atoms with E-state index in [0.29, 0.717) is 0 Å². The number of nitrogens with zero attached hydrogens (tertiary/aromatic N) is 1. The summed E-state index contributed by atoms with van der Waals surface area (Å²) in [6.45, 7) is 0. The van der Waals surface area contributed by atoms with E-state index in [9.17, 15) is 0 Å². The molecular formula is C46H29NOS. The Kier molecular flexibility index (Phi) is 6.39. The molecule has 0 N–H and O–H groups in total. The van der Waals surface area contributed by atoms with Crippen LogP contribution in [0.5, 0.6) is 0 Å². The van der Waals surface area contributed by atoms with Crippen LogP contribution in [0.1, 0.15) is 0 Å². The van der Waals surface area contributed by atoms with Crippen molar-refractivity contribution in [3.63, 3.8) is 0 Å². The van der Waals surface area contributed by atoms with Crippen molar-refractivity contribution in [1.82, 2.24) is 0 Å². The van der Waals surface area contributed by atoms with Gasteiger partial charge in [0.05, 0.1) is 5.69 Å². The molecule has 0 aliphatic carbocycles. The molecule has 0 spiro atoms. The molecule has 0 aliphatic rings. The van der Waals surface area contributed by atoms with Crippen molar-refractivity contribution in [3.05, 3.63) is 176 Å². The van der Waals surface area contributed by atoms with Gasteiger partial charge in [-0.3, -0.25) is 0 Å².